The maximum absolute atomic E-state index is 12.3. The molecule has 0 aliphatic carbocycles. The topological polar surface area (TPSA) is 40.5 Å². The molecule has 1 N–H and O–H groups in total. The third-order valence-electron chi connectivity index (χ3n) is 3.42. The Labute approximate surface area is 112 Å². The van der Waals surface area contributed by atoms with Crippen molar-refractivity contribution in [2.75, 3.05) is 11.4 Å². The average molecular weight is 252 g/mol. The number of fused-ring (bicyclic) bond motifs is 1. The van der Waals surface area contributed by atoms with Crippen LogP contribution in [-0.2, 0) is 17.6 Å². The van der Waals surface area contributed by atoms with Gasteiger partial charge < -0.3 is 10.0 Å². The SMILES string of the molecule is O=C(Cc1ccc(O)cc1)N1CCc2cc[c]cc21. The number of hydrogen-bond donors (Lipinski definition) is 1. The summed E-state index contributed by atoms with van der Waals surface area (Å²) in [5.41, 5.74) is 3.10. The van der Waals surface area contributed by atoms with Gasteiger partial charge in [0, 0.05) is 12.2 Å². The third-order valence-corrected chi connectivity index (χ3v) is 3.42. The van der Waals surface area contributed by atoms with Crippen molar-refractivity contribution in [1.82, 2.24) is 0 Å². The molecule has 3 heteroatoms. The molecule has 0 bridgehead atoms. The Kier molecular flexibility index (Phi) is 2.95. The first kappa shape index (κ1) is 11.8. The van der Waals surface area contributed by atoms with Crippen molar-refractivity contribution in [2.24, 2.45) is 0 Å². The second-order valence-corrected chi connectivity index (χ2v) is 4.69. The van der Waals surface area contributed by atoms with Gasteiger partial charge in [-0.25, -0.2) is 0 Å². The normalized spacial score (nSPS) is 13.4. The van der Waals surface area contributed by atoms with Crippen LogP contribution in [-0.4, -0.2) is 17.6 Å². The molecular weight excluding hydrogens is 238 g/mol. The highest BCUT2D eigenvalue weighted by Crippen LogP contribution is 2.27. The molecule has 1 aliphatic heterocycles. The van der Waals surface area contributed by atoms with Gasteiger partial charge in [-0.15, -0.1) is 0 Å². The summed E-state index contributed by atoms with van der Waals surface area (Å²) in [6.07, 6.45) is 1.26. The van der Waals surface area contributed by atoms with E-state index in [0.717, 1.165) is 24.2 Å². The van der Waals surface area contributed by atoms with E-state index >= 15 is 0 Å². The van der Waals surface area contributed by atoms with E-state index in [9.17, 15) is 9.90 Å². The van der Waals surface area contributed by atoms with Crippen LogP contribution in [0.1, 0.15) is 11.1 Å². The van der Waals surface area contributed by atoms with Gasteiger partial charge >= 0.3 is 0 Å². The molecule has 0 saturated carbocycles. The highest BCUT2D eigenvalue weighted by atomic mass is 16.3. The number of phenols is 1. The minimum atomic E-state index is 0.0871. The number of amides is 1. The molecule has 1 amide bonds. The Morgan fingerprint density at radius 1 is 1.26 bits per heavy atom. The summed E-state index contributed by atoms with van der Waals surface area (Å²) >= 11 is 0. The molecule has 0 spiro atoms. The van der Waals surface area contributed by atoms with Gasteiger partial charge in [-0.3, -0.25) is 4.79 Å². The summed E-state index contributed by atoms with van der Waals surface area (Å²) in [4.78, 5) is 14.1. The van der Waals surface area contributed by atoms with E-state index in [4.69, 9.17) is 0 Å². The van der Waals surface area contributed by atoms with Gasteiger partial charge in [0.15, 0.2) is 0 Å². The minimum Gasteiger partial charge on any atom is -0.508 e. The van der Waals surface area contributed by atoms with Crippen molar-refractivity contribution < 1.29 is 9.90 Å². The van der Waals surface area contributed by atoms with Crippen LogP contribution in [0, 0.1) is 6.07 Å². The van der Waals surface area contributed by atoms with Gasteiger partial charge in [-0.2, -0.15) is 0 Å². The second kappa shape index (κ2) is 4.76. The smallest absolute Gasteiger partial charge is 0.231 e. The largest absolute Gasteiger partial charge is 0.508 e. The maximum Gasteiger partial charge on any atom is 0.231 e. The number of carbonyl (C=O) groups excluding carboxylic acids is 1. The molecule has 0 fully saturated rings. The highest BCUT2D eigenvalue weighted by molar-refractivity contribution is 5.96. The Morgan fingerprint density at radius 3 is 2.84 bits per heavy atom. The van der Waals surface area contributed by atoms with Crippen molar-refractivity contribution in [3.8, 4) is 5.75 Å². The number of rotatable bonds is 2. The number of anilines is 1. The molecule has 0 unspecified atom stereocenters. The molecule has 1 heterocycles. The zero-order chi connectivity index (χ0) is 13.2. The van der Waals surface area contributed by atoms with Gasteiger partial charge in [0.25, 0.3) is 0 Å². The number of benzene rings is 2. The van der Waals surface area contributed by atoms with E-state index < -0.39 is 0 Å². The summed E-state index contributed by atoms with van der Waals surface area (Å²) in [7, 11) is 0. The summed E-state index contributed by atoms with van der Waals surface area (Å²) in [5, 5.41) is 9.23. The van der Waals surface area contributed by atoms with E-state index in [1.54, 1.807) is 24.3 Å². The summed E-state index contributed by atoms with van der Waals surface area (Å²) in [5.74, 6) is 0.307. The van der Waals surface area contributed by atoms with Crippen molar-refractivity contribution >= 4 is 11.6 Å². The molecule has 0 atom stereocenters. The fourth-order valence-electron chi connectivity index (χ4n) is 2.41. The van der Waals surface area contributed by atoms with E-state index in [2.05, 4.69) is 6.07 Å². The Hall–Kier alpha value is -2.29. The molecule has 3 rings (SSSR count). The van der Waals surface area contributed by atoms with Gasteiger partial charge in [-0.1, -0.05) is 24.3 Å². The van der Waals surface area contributed by atoms with E-state index in [-0.39, 0.29) is 11.7 Å². The molecule has 1 radical (unpaired) electrons. The van der Waals surface area contributed by atoms with Crippen LogP contribution in [0.5, 0.6) is 5.75 Å². The lowest BCUT2D eigenvalue weighted by atomic mass is 10.1. The third kappa shape index (κ3) is 2.32. The zero-order valence-corrected chi connectivity index (χ0v) is 10.5. The number of hydrogen-bond acceptors (Lipinski definition) is 2. The predicted molar refractivity (Wildman–Crippen MR) is 73.1 cm³/mol. The molecule has 2 aromatic carbocycles. The van der Waals surface area contributed by atoms with Crippen molar-refractivity contribution in [3.63, 3.8) is 0 Å². The minimum absolute atomic E-state index is 0.0871. The van der Waals surface area contributed by atoms with Crippen molar-refractivity contribution in [2.45, 2.75) is 12.8 Å². The Balaban J connectivity index is 1.77. The zero-order valence-electron chi connectivity index (χ0n) is 10.5. The van der Waals surface area contributed by atoms with Crippen molar-refractivity contribution in [1.29, 1.82) is 0 Å². The van der Waals surface area contributed by atoms with Crippen LogP contribution in [0.2, 0.25) is 0 Å². The Morgan fingerprint density at radius 2 is 2.05 bits per heavy atom. The lowest BCUT2D eigenvalue weighted by molar-refractivity contribution is -0.117. The van der Waals surface area contributed by atoms with Gasteiger partial charge in [0.2, 0.25) is 5.91 Å². The van der Waals surface area contributed by atoms with Crippen LogP contribution in [0.3, 0.4) is 0 Å². The summed E-state index contributed by atoms with van der Waals surface area (Å²) in [6, 6.07) is 15.6. The maximum atomic E-state index is 12.3. The van der Waals surface area contributed by atoms with E-state index in [1.807, 2.05) is 23.1 Å². The van der Waals surface area contributed by atoms with E-state index in [1.165, 1.54) is 5.56 Å². The number of carbonyl (C=O) groups is 1. The first-order chi connectivity index (χ1) is 9.24. The summed E-state index contributed by atoms with van der Waals surface area (Å²) < 4.78 is 0. The molecule has 1 aliphatic rings. The second-order valence-electron chi connectivity index (χ2n) is 4.69. The van der Waals surface area contributed by atoms with Crippen LogP contribution < -0.4 is 4.90 Å². The van der Waals surface area contributed by atoms with Crippen LogP contribution in [0.15, 0.2) is 42.5 Å². The van der Waals surface area contributed by atoms with Crippen LogP contribution >= 0.6 is 0 Å². The lowest BCUT2D eigenvalue weighted by Gasteiger charge is -2.17. The fourth-order valence-corrected chi connectivity index (χ4v) is 2.41. The van der Waals surface area contributed by atoms with Crippen LogP contribution in [0.25, 0.3) is 0 Å². The van der Waals surface area contributed by atoms with E-state index in [0.29, 0.717) is 6.42 Å². The van der Waals surface area contributed by atoms with Gasteiger partial charge in [-0.05, 0) is 41.8 Å². The first-order valence-corrected chi connectivity index (χ1v) is 6.31. The van der Waals surface area contributed by atoms with Gasteiger partial charge in [0.05, 0.1) is 6.42 Å². The predicted octanol–water partition coefficient (Wildman–Crippen LogP) is 2.32. The van der Waals surface area contributed by atoms with Crippen molar-refractivity contribution in [3.05, 3.63) is 59.7 Å². The first-order valence-electron chi connectivity index (χ1n) is 6.31. The molecule has 95 valence electrons. The van der Waals surface area contributed by atoms with Crippen LogP contribution in [0.4, 0.5) is 5.69 Å². The number of aromatic hydroxyl groups is 1. The molecular formula is C16H14NO2. The summed E-state index contributed by atoms with van der Waals surface area (Å²) in [6.45, 7) is 0.740. The average Bonchev–Trinajstić information content (AvgIpc) is 2.85. The monoisotopic (exact) mass is 252 g/mol. The number of nitrogens with zero attached hydrogens (tertiary/aromatic N) is 1. The molecule has 0 saturated heterocycles. The lowest BCUT2D eigenvalue weighted by Crippen LogP contribution is -2.30. The molecule has 2 aromatic rings. The quantitative estimate of drug-likeness (QED) is 0.891. The molecule has 3 nitrogen and oxygen atoms in total. The molecule has 0 aromatic heterocycles. The fraction of sp³-hybridized carbons (Fsp3) is 0.188. The highest BCUT2D eigenvalue weighted by Gasteiger charge is 2.23. The molecule has 19 heavy (non-hydrogen) atoms. The standard InChI is InChI=1S/C16H14NO2/c18-14-7-5-12(6-8-14)11-16(19)17-10-9-13-3-1-2-4-15(13)17/h1,3-8,18H,9-11H2. The van der Waals surface area contributed by atoms with Gasteiger partial charge in [0.1, 0.15) is 5.75 Å². The number of phenolic OH excluding ortho intramolecular Hbond substituents is 1. The Bertz CT molecular complexity index is 604.